The quantitative estimate of drug-likeness (QED) is 0.794. The lowest BCUT2D eigenvalue weighted by Gasteiger charge is -2.10. The third-order valence-electron chi connectivity index (χ3n) is 1.94. The minimum atomic E-state index is -0.145. The van der Waals surface area contributed by atoms with E-state index in [4.69, 9.17) is 0 Å². The minimum Gasteiger partial charge on any atom is -0.360 e. The van der Waals surface area contributed by atoms with E-state index in [1.807, 2.05) is 13.2 Å². The average Bonchev–Trinajstić information content (AvgIpc) is 2.75. The third kappa shape index (κ3) is 4.91. The number of carbonyl (C=O) groups is 1. The molecule has 1 aromatic heterocycles. The molecule has 96 valence electrons. The summed E-state index contributed by atoms with van der Waals surface area (Å²) < 4.78 is 0. The van der Waals surface area contributed by atoms with Gasteiger partial charge in [-0.2, -0.15) is 11.8 Å². The lowest BCUT2D eigenvalue weighted by molar-refractivity contribution is 0.0942. The van der Waals surface area contributed by atoms with Gasteiger partial charge in [-0.15, -0.1) is 10.2 Å². The summed E-state index contributed by atoms with van der Waals surface area (Å²) in [6.07, 6.45) is 3.03. The van der Waals surface area contributed by atoms with Crippen molar-refractivity contribution in [2.24, 2.45) is 0 Å². The molecule has 1 unspecified atom stereocenters. The van der Waals surface area contributed by atoms with Crippen LogP contribution in [-0.4, -0.2) is 40.7 Å². The van der Waals surface area contributed by atoms with Crippen molar-refractivity contribution in [3.63, 3.8) is 0 Å². The molecule has 0 bridgehead atoms. The van der Waals surface area contributed by atoms with Gasteiger partial charge in [-0.1, -0.05) is 18.3 Å². The first-order valence-electron chi connectivity index (χ1n) is 5.54. The first kappa shape index (κ1) is 14.2. The molecular formula is C10H18N4OS2. The van der Waals surface area contributed by atoms with Gasteiger partial charge in [0.15, 0.2) is 0 Å². The standard InChI is InChI=1S/C10H18N4OS2/c1-4-5-11-10-14-13-9(17-10)8(15)12-7(2)6-16-3/h7H,4-6H2,1-3H3,(H,11,14)(H,12,15). The molecule has 1 aromatic rings. The minimum absolute atomic E-state index is 0.145. The van der Waals surface area contributed by atoms with E-state index in [0.29, 0.717) is 10.1 Å². The summed E-state index contributed by atoms with van der Waals surface area (Å²) in [6.45, 7) is 4.90. The van der Waals surface area contributed by atoms with Crippen LogP contribution in [0.2, 0.25) is 0 Å². The molecule has 0 spiro atoms. The third-order valence-corrected chi connectivity index (χ3v) is 3.65. The largest absolute Gasteiger partial charge is 0.360 e. The smallest absolute Gasteiger partial charge is 0.282 e. The predicted molar refractivity (Wildman–Crippen MR) is 74.0 cm³/mol. The second-order valence-corrected chi connectivity index (χ2v) is 5.56. The van der Waals surface area contributed by atoms with Crippen molar-refractivity contribution >= 4 is 34.1 Å². The fraction of sp³-hybridized carbons (Fsp3) is 0.700. The molecule has 0 aliphatic heterocycles. The number of nitrogens with zero attached hydrogens (tertiary/aromatic N) is 2. The van der Waals surface area contributed by atoms with Gasteiger partial charge in [-0.05, 0) is 19.6 Å². The number of rotatable bonds is 7. The normalized spacial score (nSPS) is 12.2. The molecule has 17 heavy (non-hydrogen) atoms. The van der Waals surface area contributed by atoms with Crippen LogP contribution >= 0.6 is 23.1 Å². The van der Waals surface area contributed by atoms with Gasteiger partial charge in [0.2, 0.25) is 10.1 Å². The van der Waals surface area contributed by atoms with Crippen LogP contribution < -0.4 is 10.6 Å². The first-order valence-corrected chi connectivity index (χ1v) is 7.75. The highest BCUT2D eigenvalue weighted by Crippen LogP contribution is 2.15. The molecule has 0 fully saturated rings. The van der Waals surface area contributed by atoms with Gasteiger partial charge < -0.3 is 10.6 Å². The van der Waals surface area contributed by atoms with Crippen LogP contribution in [0.15, 0.2) is 0 Å². The van der Waals surface area contributed by atoms with Gasteiger partial charge in [0, 0.05) is 18.3 Å². The number of amides is 1. The Morgan fingerprint density at radius 2 is 2.29 bits per heavy atom. The molecule has 0 saturated heterocycles. The number of hydrogen-bond acceptors (Lipinski definition) is 6. The Bertz CT molecular complexity index is 356. The van der Waals surface area contributed by atoms with Gasteiger partial charge in [0.1, 0.15) is 0 Å². The van der Waals surface area contributed by atoms with Gasteiger partial charge in [0.05, 0.1) is 0 Å². The highest BCUT2D eigenvalue weighted by Gasteiger charge is 2.14. The summed E-state index contributed by atoms with van der Waals surface area (Å²) in [4.78, 5) is 11.8. The summed E-state index contributed by atoms with van der Waals surface area (Å²) in [5.41, 5.74) is 0. The Labute approximate surface area is 110 Å². The maximum atomic E-state index is 11.8. The topological polar surface area (TPSA) is 66.9 Å². The Kier molecular flexibility index (Phi) is 6.28. The molecule has 5 nitrogen and oxygen atoms in total. The van der Waals surface area contributed by atoms with E-state index in [1.165, 1.54) is 11.3 Å². The molecule has 1 rings (SSSR count). The highest BCUT2D eigenvalue weighted by atomic mass is 32.2. The lowest BCUT2D eigenvalue weighted by Crippen LogP contribution is -2.34. The zero-order valence-corrected chi connectivity index (χ0v) is 12.0. The maximum absolute atomic E-state index is 11.8. The van der Waals surface area contributed by atoms with E-state index in [1.54, 1.807) is 11.8 Å². The van der Waals surface area contributed by atoms with Crippen molar-refractivity contribution < 1.29 is 4.79 Å². The number of hydrogen-bond donors (Lipinski definition) is 2. The molecule has 0 saturated carbocycles. The summed E-state index contributed by atoms with van der Waals surface area (Å²) in [5, 5.41) is 14.9. The summed E-state index contributed by atoms with van der Waals surface area (Å²) in [6, 6.07) is 0.147. The van der Waals surface area contributed by atoms with Gasteiger partial charge in [-0.3, -0.25) is 4.79 Å². The average molecular weight is 274 g/mol. The Morgan fingerprint density at radius 3 is 2.94 bits per heavy atom. The molecule has 1 heterocycles. The van der Waals surface area contributed by atoms with Crippen LogP contribution in [0.1, 0.15) is 30.1 Å². The van der Waals surface area contributed by atoms with Gasteiger partial charge in [-0.25, -0.2) is 0 Å². The molecule has 0 aliphatic rings. The van der Waals surface area contributed by atoms with Crippen LogP contribution in [0.4, 0.5) is 5.13 Å². The van der Waals surface area contributed by atoms with Crippen molar-refractivity contribution in [1.29, 1.82) is 0 Å². The number of nitrogens with one attached hydrogen (secondary N) is 2. The molecular weight excluding hydrogens is 256 g/mol. The molecule has 0 aliphatic carbocycles. The van der Waals surface area contributed by atoms with Crippen LogP contribution in [0, 0.1) is 0 Å². The summed E-state index contributed by atoms with van der Waals surface area (Å²) >= 11 is 2.99. The van der Waals surface area contributed by atoms with Crippen molar-refractivity contribution in [2.45, 2.75) is 26.3 Å². The Morgan fingerprint density at radius 1 is 1.53 bits per heavy atom. The Balaban J connectivity index is 2.48. The first-order chi connectivity index (χ1) is 8.17. The predicted octanol–water partition coefficient (Wildman–Crippen LogP) is 1.84. The zero-order chi connectivity index (χ0) is 12.7. The fourth-order valence-corrected chi connectivity index (χ4v) is 2.45. The van der Waals surface area contributed by atoms with Crippen molar-refractivity contribution in [3.8, 4) is 0 Å². The van der Waals surface area contributed by atoms with E-state index in [9.17, 15) is 4.79 Å². The molecule has 0 radical (unpaired) electrons. The molecule has 1 amide bonds. The van der Waals surface area contributed by atoms with Crippen molar-refractivity contribution in [1.82, 2.24) is 15.5 Å². The lowest BCUT2D eigenvalue weighted by atomic mass is 10.4. The van der Waals surface area contributed by atoms with E-state index in [-0.39, 0.29) is 11.9 Å². The van der Waals surface area contributed by atoms with Gasteiger partial charge in [0.25, 0.3) is 5.91 Å². The summed E-state index contributed by atoms with van der Waals surface area (Å²) in [7, 11) is 0. The second-order valence-electron chi connectivity index (χ2n) is 3.67. The van der Waals surface area contributed by atoms with Crippen molar-refractivity contribution in [3.05, 3.63) is 5.01 Å². The number of thioether (sulfide) groups is 1. The molecule has 7 heteroatoms. The number of carbonyl (C=O) groups excluding carboxylic acids is 1. The highest BCUT2D eigenvalue weighted by molar-refractivity contribution is 7.98. The van der Waals surface area contributed by atoms with Gasteiger partial charge >= 0.3 is 0 Å². The van der Waals surface area contributed by atoms with E-state index in [2.05, 4.69) is 27.8 Å². The van der Waals surface area contributed by atoms with Crippen LogP contribution in [-0.2, 0) is 0 Å². The number of anilines is 1. The molecule has 2 N–H and O–H groups in total. The van der Waals surface area contributed by atoms with E-state index < -0.39 is 0 Å². The van der Waals surface area contributed by atoms with Crippen molar-refractivity contribution in [2.75, 3.05) is 23.9 Å². The zero-order valence-electron chi connectivity index (χ0n) is 10.3. The van der Waals surface area contributed by atoms with Crippen LogP contribution in [0.5, 0.6) is 0 Å². The SMILES string of the molecule is CCCNc1nnc(C(=O)NC(C)CSC)s1. The second kappa shape index (κ2) is 7.50. The van der Waals surface area contributed by atoms with Crippen LogP contribution in [0.3, 0.4) is 0 Å². The van der Waals surface area contributed by atoms with E-state index >= 15 is 0 Å². The number of aromatic nitrogens is 2. The maximum Gasteiger partial charge on any atom is 0.282 e. The Hall–Kier alpha value is -0.820. The summed E-state index contributed by atoms with van der Waals surface area (Å²) in [5.74, 6) is 0.750. The van der Waals surface area contributed by atoms with Crippen LogP contribution in [0.25, 0.3) is 0 Å². The molecule has 1 atom stereocenters. The van der Waals surface area contributed by atoms with E-state index in [0.717, 1.165) is 18.7 Å². The molecule has 0 aromatic carbocycles. The fourth-order valence-electron chi connectivity index (χ4n) is 1.20. The monoisotopic (exact) mass is 274 g/mol.